The summed E-state index contributed by atoms with van der Waals surface area (Å²) in [6.07, 6.45) is 4.51. The van der Waals surface area contributed by atoms with Gasteiger partial charge in [-0.05, 0) is 63.2 Å². The minimum Gasteiger partial charge on any atom is -0.496 e. The fourth-order valence-electron chi connectivity index (χ4n) is 3.96. The van der Waals surface area contributed by atoms with Crippen molar-refractivity contribution in [3.05, 3.63) is 29.8 Å². The Balaban J connectivity index is 1.58. The molecule has 1 aromatic rings. The summed E-state index contributed by atoms with van der Waals surface area (Å²) in [5, 5.41) is 0. The molecule has 0 aromatic heterocycles. The lowest BCUT2D eigenvalue weighted by Crippen LogP contribution is -2.48. The Morgan fingerprint density at radius 2 is 1.78 bits per heavy atom. The van der Waals surface area contributed by atoms with Crippen molar-refractivity contribution >= 4 is 5.91 Å². The first kappa shape index (κ1) is 16.3. The van der Waals surface area contributed by atoms with E-state index in [2.05, 4.69) is 24.0 Å². The lowest BCUT2D eigenvalue weighted by Gasteiger charge is -2.37. The lowest BCUT2D eigenvalue weighted by molar-refractivity contribution is -0.135. The van der Waals surface area contributed by atoms with Crippen LogP contribution in [0, 0.1) is 0 Å². The number of methoxy groups -OCH3 is 1. The molecule has 2 heterocycles. The number of nitrogens with zero attached hydrogens (tertiary/aromatic N) is 2. The van der Waals surface area contributed by atoms with Crippen molar-refractivity contribution < 1.29 is 9.53 Å². The minimum absolute atomic E-state index is 0.0201. The molecule has 2 fully saturated rings. The summed E-state index contributed by atoms with van der Waals surface area (Å²) >= 11 is 0. The highest BCUT2D eigenvalue weighted by Gasteiger charge is 2.31. The molecule has 2 aliphatic heterocycles. The van der Waals surface area contributed by atoms with E-state index in [-0.39, 0.29) is 6.04 Å². The maximum absolute atomic E-state index is 12.6. The number of benzene rings is 1. The molecule has 0 spiro atoms. The van der Waals surface area contributed by atoms with Gasteiger partial charge in [-0.15, -0.1) is 0 Å². The molecule has 0 saturated carbocycles. The Hall–Kier alpha value is -1.55. The van der Waals surface area contributed by atoms with Crippen LogP contribution in [0.15, 0.2) is 24.3 Å². The first-order chi connectivity index (χ1) is 11.2. The van der Waals surface area contributed by atoms with Gasteiger partial charge in [0.05, 0.1) is 13.2 Å². The Morgan fingerprint density at radius 3 is 2.43 bits per heavy atom. The molecule has 2 saturated heterocycles. The average molecular weight is 316 g/mol. The molecule has 3 rings (SSSR count). The smallest absolute Gasteiger partial charge is 0.239 e. The fraction of sp³-hybridized carbons (Fsp3) is 0.632. The number of carbonyl (C=O) groups excluding carboxylic acids is 1. The molecule has 23 heavy (non-hydrogen) atoms. The second-order valence-electron chi connectivity index (χ2n) is 6.76. The van der Waals surface area contributed by atoms with Gasteiger partial charge >= 0.3 is 0 Å². The maximum atomic E-state index is 12.6. The third kappa shape index (κ3) is 3.52. The van der Waals surface area contributed by atoms with E-state index in [1.54, 1.807) is 7.11 Å². The fourth-order valence-corrected chi connectivity index (χ4v) is 3.96. The number of rotatable bonds is 4. The number of likely N-dealkylation sites (tertiary alicyclic amines) is 2. The quantitative estimate of drug-likeness (QED) is 0.856. The van der Waals surface area contributed by atoms with Gasteiger partial charge in [0.15, 0.2) is 0 Å². The molecule has 1 amide bonds. The zero-order chi connectivity index (χ0) is 16.2. The number of para-hydroxylation sites is 1. The van der Waals surface area contributed by atoms with Crippen LogP contribution in [0.25, 0.3) is 0 Å². The predicted octanol–water partition coefficient (Wildman–Crippen LogP) is 2.89. The molecule has 126 valence electrons. The second-order valence-corrected chi connectivity index (χ2v) is 6.76. The number of amides is 1. The van der Waals surface area contributed by atoms with Gasteiger partial charge in [0.2, 0.25) is 5.91 Å². The molecule has 0 radical (unpaired) electrons. The first-order valence-electron chi connectivity index (χ1n) is 8.86. The Kier molecular flexibility index (Phi) is 5.21. The van der Waals surface area contributed by atoms with Crippen molar-refractivity contribution in [2.24, 2.45) is 0 Å². The minimum atomic E-state index is 0.0201. The van der Waals surface area contributed by atoms with E-state index < -0.39 is 0 Å². The van der Waals surface area contributed by atoms with Gasteiger partial charge in [-0.25, -0.2) is 0 Å². The number of carbonyl (C=O) groups is 1. The SMILES string of the molecule is COc1ccccc1C1CCN([C@H](C)C(=O)N2CCCC2)CC1. The topological polar surface area (TPSA) is 32.8 Å². The van der Waals surface area contributed by atoms with Gasteiger partial charge in [0, 0.05) is 13.1 Å². The number of ether oxygens (including phenoxy) is 1. The molecule has 2 aliphatic rings. The van der Waals surface area contributed by atoms with Crippen molar-refractivity contribution in [1.29, 1.82) is 0 Å². The second kappa shape index (κ2) is 7.35. The van der Waals surface area contributed by atoms with Gasteiger partial charge in [-0.3, -0.25) is 9.69 Å². The molecule has 0 bridgehead atoms. The van der Waals surface area contributed by atoms with Crippen LogP contribution in [-0.2, 0) is 4.79 Å². The summed E-state index contributed by atoms with van der Waals surface area (Å²) in [6.45, 7) is 5.94. The summed E-state index contributed by atoms with van der Waals surface area (Å²) in [5.41, 5.74) is 1.31. The summed E-state index contributed by atoms with van der Waals surface area (Å²) in [7, 11) is 1.74. The van der Waals surface area contributed by atoms with Crippen LogP contribution < -0.4 is 4.74 Å². The van der Waals surface area contributed by atoms with E-state index in [1.807, 2.05) is 17.0 Å². The Bertz CT molecular complexity index is 532. The molecule has 1 atom stereocenters. The third-order valence-corrected chi connectivity index (χ3v) is 5.43. The summed E-state index contributed by atoms with van der Waals surface area (Å²) in [5.74, 6) is 1.85. The molecule has 0 unspecified atom stereocenters. The number of piperidine rings is 1. The number of hydrogen-bond acceptors (Lipinski definition) is 3. The van der Waals surface area contributed by atoms with Gasteiger partial charge in [0.1, 0.15) is 5.75 Å². The van der Waals surface area contributed by atoms with Crippen molar-refractivity contribution in [2.75, 3.05) is 33.3 Å². The van der Waals surface area contributed by atoms with Crippen molar-refractivity contribution in [2.45, 2.75) is 44.6 Å². The van der Waals surface area contributed by atoms with Crippen molar-refractivity contribution in [3.63, 3.8) is 0 Å². The van der Waals surface area contributed by atoms with Crippen LogP contribution in [0.4, 0.5) is 0 Å². The van der Waals surface area contributed by atoms with Crippen molar-refractivity contribution in [1.82, 2.24) is 9.80 Å². The van der Waals surface area contributed by atoms with E-state index in [0.29, 0.717) is 11.8 Å². The Labute approximate surface area is 139 Å². The van der Waals surface area contributed by atoms with Gasteiger partial charge in [-0.2, -0.15) is 0 Å². The van der Waals surface area contributed by atoms with Gasteiger partial charge in [0.25, 0.3) is 0 Å². The highest BCUT2D eigenvalue weighted by atomic mass is 16.5. The summed E-state index contributed by atoms with van der Waals surface area (Å²) in [6, 6.07) is 8.35. The van der Waals surface area contributed by atoms with Crippen LogP contribution in [0.1, 0.15) is 44.1 Å². The largest absolute Gasteiger partial charge is 0.496 e. The predicted molar refractivity (Wildman–Crippen MR) is 91.8 cm³/mol. The summed E-state index contributed by atoms with van der Waals surface area (Å²) < 4.78 is 5.50. The van der Waals surface area contributed by atoms with Crippen molar-refractivity contribution in [3.8, 4) is 5.75 Å². The van der Waals surface area contributed by atoms with Crippen LogP contribution in [0.3, 0.4) is 0 Å². The maximum Gasteiger partial charge on any atom is 0.239 e. The number of hydrogen-bond donors (Lipinski definition) is 0. The zero-order valence-corrected chi connectivity index (χ0v) is 14.3. The highest BCUT2D eigenvalue weighted by molar-refractivity contribution is 5.81. The van der Waals surface area contributed by atoms with E-state index in [4.69, 9.17) is 4.74 Å². The molecular weight excluding hydrogens is 288 g/mol. The third-order valence-electron chi connectivity index (χ3n) is 5.43. The molecule has 4 nitrogen and oxygen atoms in total. The van der Waals surface area contributed by atoms with Crippen LogP contribution in [-0.4, -0.2) is 55.0 Å². The van der Waals surface area contributed by atoms with E-state index >= 15 is 0 Å². The van der Waals surface area contributed by atoms with Crippen LogP contribution in [0.2, 0.25) is 0 Å². The average Bonchev–Trinajstić information content (AvgIpc) is 3.15. The summed E-state index contributed by atoms with van der Waals surface area (Å²) in [4.78, 5) is 17.0. The van der Waals surface area contributed by atoms with E-state index in [9.17, 15) is 4.79 Å². The molecule has 4 heteroatoms. The lowest BCUT2D eigenvalue weighted by atomic mass is 9.88. The first-order valence-corrected chi connectivity index (χ1v) is 8.86. The van der Waals surface area contributed by atoms with Crippen LogP contribution in [0.5, 0.6) is 5.75 Å². The van der Waals surface area contributed by atoms with Crippen LogP contribution >= 0.6 is 0 Å². The zero-order valence-electron chi connectivity index (χ0n) is 14.3. The molecule has 1 aromatic carbocycles. The molecular formula is C19H28N2O2. The standard InChI is InChI=1S/C19H28N2O2/c1-15(19(22)21-11-5-6-12-21)20-13-9-16(10-14-20)17-7-3-4-8-18(17)23-2/h3-4,7-8,15-16H,5-6,9-14H2,1-2H3/t15-/m1/s1. The highest BCUT2D eigenvalue weighted by Crippen LogP contribution is 2.34. The molecule has 0 N–H and O–H groups in total. The van der Waals surface area contributed by atoms with E-state index in [1.165, 1.54) is 5.56 Å². The normalized spacial score (nSPS) is 21.4. The van der Waals surface area contributed by atoms with Gasteiger partial charge in [-0.1, -0.05) is 18.2 Å². The Morgan fingerprint density at radius 1 is 1.13 bits per heavy atom. The monoisotopic (exact) mass is 316 g/mol. The van der Waals surface area contributed by atoms with E-state index in [0.717, 1.165) is 57.6 Å². The van der Waals surface area contributed by atoms with Gasteiger partial charge < -0.3 is 9.64 Å². The molecule has 0 aliphatic carbocycles.